The number of hydrogen-bond donors (Lipinski definition) is 2. The van der Waals surface area contributed by atoms with Crippen LogP contribution in [0.5, 0.6) is 11.5 Å². The van der Waals surface area contributed by atoms with Crippen LogP contribution >= 0.6 is 0 Å². The smallest absolute Gasteiger partial charge is 0.490 e. The van der Waals surface area contributed by atoms with E-state index in [2.05, 4.69) is 10.2 Å². The van der Waals surface area contributed by atoms with Crippen molar-refractivity contribution in [1.29, 1.82) is 0 Å². The predicted octanol–water partition coefficient (Wildman–Crippen LogP) is 4.58. The van der Waals surface area contributed by atoms with Crippen molar-refractivity contribution in [3.8, 4) is 22.6 Å². The number of H-pyrrole nitrogens is 1. The van der Waals surface area contributed by atoms with Gasteiger partial charge in [0.2, 0.25) is 5.89 Å². The summed E-state index contributed by atoms with van der Waals surface area (Å²) >= 11 is 0. The Morgan fingerprint density at radius 2 is 2.00 bits per heavy atom. The number of nitrogens with zero attached hydrogens (tertiary/aromatic N) is 2. The van der Waals surface area contributed by atoms with Gasteiger partial charge in [-0.25, -0.2) is 9.78 Å². The van der Waals surface area contributed by atoms with Gasteiger partial charge in [0.05, 0.1) is 19.2 Å². The maximum atomic E-state index is 10.6. The SMILES string of the molecule is COc1ccc2c(c1)CC(c1nc3cc(-c4cn[nH]c4)ccc3o1)CO2.O=C(O)C(F)(F)F. The molecule has 1 aliphatic heterocycles. The Kier molecular flexibility index (Phi) is 5.95. The number of carboxylic acid groups (broad SMARTS) is 1. The summed E-state index contributed by atoms with van der Waals surface area (Å²) in [4.78, 5) is 13.6. The van der Waals surface area contributed by atoms with Crippen LogP contribution in [0.4, 0.5) is 13.2 Å². The third kappa shape index (κ3) is 4.92. The van der Waals surface area contributed by atoms with Gasteiger partial charge in [-0.2, -0.15) is 18.3 Å². The van der Waals surface area contributed by atoms with Crippen molar-refractivity contribution in [2.45, 2.75) is 18.5 Å². The summed E-state index contributed by atoms with van der Waals surface area (Å²) in [5.74, 6) is -0.236. The highest BCUT2D eigenvalue weighted by atomic mass is 19.4. The first kappa shape index (κ1) is 22.2. The van der Waals surface area contributed by atoms with Gasteiger partial charge in [-0.1, -0.05) is 6.07 Å². The Hall–Kier alpha value is -4.02. The first-order valence-electron chi connectivity index (χ1n) is 9.74. The van der Waals surface area contributed by atoms with Crippen molar-refractivity contribution in [2.24, 2.45) is 0 Å². The highest BCUT2D eigenvalue weighted by molar-refractivity contribution is 5.80. The van der Waals surface area contributed by atoms with Gasteiger partial charge in [0.1, 0.15) is 23.6 Å². The van der Waals surface area contributed by atoms with E-state index < -0.39 is 12.1 Å². The average molecular weight is 461 g/mol. The molecule has 5 rings (SSSR count). The molecule has 8 nitrogen and oxygen atoms in total. The molecule has 0 aliphatic carbocycles. The summed E-state index contributed by atoms with van der Waals surface area (Å²) in [5, 5.41) is 14.0. The van der Waals surface area contributed by atoms with Crippen LogP contribution in [0.15, 0.2) is 53.2 Å². The van der Waals surface area contributed by atoms with Gasteiger partial charge < -0.3 is 19.0 Å². The van der Waals surface area contributed by atoms with Crippen LogP contribution in [-0.2, 0) is 11.2 Å². The Morgan fingerprint density at radius 3 is 2.67 bits per heavy atom. The summed E-state index contributed by atoms with van der Waals surface area (Å²) in [6.07, 6.45) is -0.614. The van der Waals surface area contributed by atoms with E-state index in [1.54, 1.807) is 13.3 Å². The number of halogens is 3. The van der Waals surface area contributed by atoms with Crippen LogP contribution in [0, 0.1) is 0 Å². The number of rotatable bonds is 3. The number of methoxy groups -OCH3 is 1. The van der Waals surface area contributed by atoms with Crippen LogP contribution < -0.4 is 9.47 Å². The molecule has 1 atom stereocenters. The van der Waals surface area contributed by atoms with Crippen LogP contribution in [0.25, 0.3) is 22.2 Å². The summed E-state index contributed by atoms with van der Waals surface area (Å²) in [6, 6.07) is 11.9. The average Bonchev–Trinajstić information content (AvgIpc) is 3.47. The Bertz CT molecular complexity index is 1270. The Balaban J connectivity index is 0.000000325. The van der Waals surface area contributed by atoms with Gasteiger partial charge in [-0.15, -0.1) is 0 Å². The molecule has 0 saturated heterocycles. The topological polar surface area (TPSA) is 110 Å². The van der Waals surface area contributed by atoms with Gasteiger partial charge in [-0.05, 0) is 47.9 Å². The van der Waals surface area contributed by atoms with Crippen LogP contribution in [-0.4, -0.2) is 46.2 Å². The number of oxazole rings is 1. The van der Waals surface area contributed by atoms with E-state index in [9.17, 15) is 13.2 Å². The number of fused-ring (bicyclic) bond motifs is 2. The van der Waals surface area contributed by atoms with E-state index in [1.165, 1.54) is 0 Å². The number of aliphatic carboxylic acids is 1. The molecular weight excluding hydrogens is 443 g/mol. The molecule has 2 aromatic heterocycles. The monoisotopic (exact) mass is 461 g/mol. The summed E-state index contributed by atoms with van der Waals surface area (Å²) in [6.45, 7) is 0.556. The lowest BCUT2D eigenvalue weighted by Crippen LogP contribution is -2.21. The molecule has 4 aromatic rings. The third-order valence-electron chi connectivity index (χ3n) is 5.00. The quantitative estimate of drug-likeness (QED) is 0.460. The molecule has 0 spiro atoms. The normalized spacial score (nSPS) is 15.2. The standard InChI is InChI=1S/C20H17N3O3.C2HF3O2/c1-24-16-3-5-18-13(7-16)6-14(11-25-18)20-23-17-8-12(2-4-19(17)26-20)15-9-21-22-10-15;3-2(4,5)1(6)7/h2-5,7-10,14H,6,11H2,1H3,(H,21,22);(H,6,7). The second-order valence-electron chi connectivity index (χ2n) is 7.21. The van der Waals surface area contributed by atoms with Crippen LogP contribution in [0.3, 0.4) is 0 Å². The fourth-order valence-corrected chi connectivity index (χ4v) is 3.36. The van der Waals surface area contributed by atoms with Crippen molar-refractivity contribution in [3.63, 3.8) is 0 Å². The minimum Gasteiger partial charge on any atom is -0.497 e. The lowest BCUT2D eigenvalue weighted by Gasteiger charge is -2.23. The first-order valence-corrected chi connectivity index (χ1v) is 9.74. The molecule has 2 N–H and O–H groups in total. The lowest BCUT2D eigenvalue weighted by atomic mass is 9.96. The zero-order valence-corrected chi connectivity index (χ0v) is 17.2. The maximum Gasteiger partial charge on any atom is 0.490 e. The molecular formula is C22H18F3N3O5. The Morgan fingerprint density at radius 1 is 1.21 bits per heavy atom. The molecule has 0 saturated carbocycles. The molecule has 1 aliphatic rings. The van der Waals surface area contributed by atoms with Gasteiger partial charge in [0.15, 0.2) is 5.58 Å². The number of benzene rings is 2. The number of hydrogen-bond acceptors (Lipinski definition) is 6. The summed E-state index contributed by atoms with van der Waals surface area (Å²) < 4.78 is 49.0. The zero-order chi connectivity index (χ0) is 23.6. The van der Waals surface area contributed by atoms with E-state index in [-0.39, 0.29) is 5.92 Å². The third-order valence-corrected chi connectivity index (χ3v) is 5.00. The van der Waals surface area contributed by atoms with E-state index in [4.69, 9.17) is 28.8 Å². The molecule has 2 aromatic carbocycles. The highest BCUT2D eigenvalue weighted by Crippen LogP contribution is 2.35. The minimum absolute atomic E-state index is 0.0828. The number of carbonyl (C=O) groups is 1. The molecule has 33 heavy (non-hydrogen) atoms. The van der Waals surface area contributed by atoms with Gasteiger partial charge in [0, 0.05) is 11.8 Å². The Labute approximate surface area is 185 Å². The molecule has 0 fully saturated rings. The number of alkyl halides is 3. The van der Waals surface area contributed by atoms with E-state index >= 15 is 0 Å². The first-order chi connectivity index (χ1) is 15.7. The van der Waals surface area contributed by atoms with E-state index in [1.807, 2.05) is 42.6 Å². The maximum absolute atomic E-state index is 10.6. The van der Waals surface area contributed by atoms with Crippen LogP contribution in [0.1, 0.15) is 17.4 Å². The summed E-state index contributed by atoms with van der Waals surface area (Å²) in [5.41, 5.74) is 4.82. The van der Waals surface area contributed by atoms with E-state index in [0.717, 1.165) is 45.7 Å². The fourth-order valence-electron chi connectivity index (χ4n) is 3.36. The van der Waals surface area contributed by atoms with Crippen molar-refractivity contribution < 1.29 is 37.0 Å². The molecule has 3 heterocycles. The fraction of sp³-hybridized carbons (Fsp3) is 0.227. The number of nitrogens with one attached hydrogen (secondary N) is 1. The van der Waals surface area contributed by atoms with Gasteiger partial charge >= 0.3 is 12.1 Å². The lowest BCUT2D eigenvalue weighted by molar-refractivity contribution is -0.192. The van der Waals surface area contributed by atoms with Crippen molar-refractivity contribution in [2.75, 3.05) is 13.7 Å². The van der Waals surface area contributed by atoms with Crippen molar-refractivity contribution >= 4 is 17.1 Å². The minimum atomic E-state index is -5.08. The number of aromatic amines is 1. The highest BCUT2D eigenvalue weighted by Gasteiger charge is 2.38. The van der Waals surface area contributed by atoms with Crippen molar-refractivity contribution in [1.82, 2.24) is 15.2 Å². The molecule has 0 radical (unpaired) electrons. The summed E-state index contributed by atoms with van der Waals surface area (Å²) in [7, 11) is 1.67. The molecule has 0 bridgehead atoms. The number of aromatic nitrogens is 3. The van der Waals surface area contributed by atoms with Crippen LogP contribution in [0.2, 0.25) is 0 Å². The number of carboxylic acids is 1. The zero-order valence-electron chi connectivity index (χ0n) is 17.2. The van der Waals surface area contributed by atoms with Crippen molar-refractivity contribution in [3.05, 3.63) is 60.2 Å². The second kappa shape index (κ2) is 8.85. The van der Waals surface area contributed by atoms with E-state index in [0.29, 0.717) is 12.5 Å². The molecule has 0 amide bonds. The van der Waals surface area contributed by atoms with Gasteiger partial charge in [-0.3, -0.25) is 5.10 Å². The number of ether oxygens (including phenoxy) is 2. The molecule has 11 heteroatoms. The second-order valence-corrected chi connectivity index (χ2v) is 7.21. The molecule has 1 unspecified atom stereocenters. The molecule has 172 valence electrons. The van der Waals surface area contributed by atoms with Gasteiger partial charge in [0.25, 0.3) is 0 Å². The predicted molar refractivity (Wildman–Crippen MR) is 110 cm³/mol. The largest absolute Gasteiger partial charge is 0.497 e.